The molecule has 1 aliphatic heterocycles. The Balaban J connectivity index is 2.44. The van der Waals surface area contributed by atoms with Gasteiger partial charge in [0, 0.05) is 18.7 Å². The van der Waals surface area contributed by atoms with Gasteiger partial charge in [-0.05, 0) is 26.7 Å². The van der Waals surface area contributed by atoms with E-state index in [9.17, 15) is 23.7 Å². The molecule has 21 heavy (non-hydrogen) atoms. The number of halogens is 2. The Morgan fingerprint density at radius 2 is 1.71 bits per heavy atom. The molecule has 0 bridgehead atoms. The molecule has 7 heteroatoms. The molecular formula is C14H16F2N2O3. The number of carbonyl (C=O) groups is 1. The van der Waals surface area contributed by atoms with Crippen molar-refractivity contribution in [2.75, 3.05) is 13.1 Å². The lowest BCUT2D eigenvalue weighted by Gasteiger charge is -2.30. The molecule has 0 spiro atoms. The number of non-ortho nitro benzene ring substituents is 1. The van der Waals surface area contributed by atoms with Crippen molar-refractivity contribution in [3.8, 4) is 0 Å². The molecule has 5 nitrogen and oxygen atoms in total. The first-order chi connectivity index (χ1) is 9.75. The number of nitrogens with zero attached hydrogens (tertiary/aromatic N) is 2. The first-order valence-corrected chi connectivity index (χ1v) is 6.68. The van der Waals surface area contributed by atoms with Crippen LogP contribution in [0.2, 0.25) is 0 Å². The van der Waals surface area contributed by atoms with Gasteiger partial charge in [0.15, 0.2) is 0 Å². The van der Waals surface area contributed by atoms with Gasteiger partial charge in [-0.15, -0.1) is 0 Å². The van der Waals surface area contributed by atoms with Crippen LogP contribution in [0.15, 0.2) is 12.1 Å². The standard InChI is InChI=1S/C14H16F2N2O3/c1-14(2,13(19)17-5-3-4-6-17)12-10(15)7-9(18(20)21)8-11(12)16/h7-8H,3-6H2,1-2H3. The largest absolute Gasteiger partial charge is 0.342 e. The maximum absolute atomic E-state index is 14.1. The van der Waals surface area contributed by atoms with Gasteiger partial charge in [-0.2, -0.15) is 0 Å². The Kier molecular flexibility index (Phi) is 3.93. The highest BCUT2D eigenvalue weighted by Crippen LogP contribution is 2.33. The van der Waals surface area contributed by atoms with Crippen LogP contribution >= 0.6 is 0 Å². The van der Waals surface area contributed by atoms with E-state index in [1.807, 2.05) is 0 Å². The van der Waals surface area contributed by atoms with Gasteiger partial charge in [0.25, 0.3) is 5.69 Å². The second-order valence-electron chi connectivity index (χ2n) is 5.67. The molecule has 0 N–H and O–H groups in total. The maximum atomic E-state index is 14.1. The van der Waals surface area contributed by atoms with E-state index in [0.717, 1.165) is 12.8 Å². The molecule has 0 radical (unpaired) electrons. The molecule has 1 aromatic rings. The van der Waals surface area contributed by atoms with Crippen molar-refractivity contribution in [2.45, 2.75) is 32.1 Å². The van der Waals surface area contributed by atoms with Crippen LogP contribution in [0.5, 0.6) is 0 Å². The third-order valence-corrected chi connectivity index (χ3v) is 3.79. The summed E-state index contributed by atoms with van der Waals surface area (Å²) in [6.07, 6.45) is 1.74. The summed E-state index contributed by atoms with van der Waals surface area (Å²) in [5.74, 6) is -2.51. The van der Waals surface area contributed by atoms with Crippen molar-refractivity contribution < 1.29 is 18.5 Å². The Bertz CT molecular complexity index is 573. The molecule has 2 rings (SSSR count). The molecule has 0 unspecified atom stereocenters. The number of nitro groups is 1. The lowest BCUT2D eigenvalue weighted by atomic mass is 9.82. The number of hydrogen-bond donors (Lipinski definition) is 0. The summed E-state index contributed by atoms with van der Waals surface area (Å²) in [5, 5.41) is 10.6. The number of carbonyl (C=O) groups excluding carboxylic acids is 1. The SMILES string of the molecule is CC(C)(C(=O)N1CCCC1)c1c(F)cc([N+](=O)[O-])cc1F. The van der Waals surface area contributed by atoms with Crippen molar-refractivity contribution in [1.29, 1.82) is 0 Å². The van der Waals surface area contributed by atoms with E-state index in [4.69, 9.17) is 0 Å². The van der Waals surface area contributed by atoms with E-state index < -0.39 is 33.2 Å². The van der Waals surface area contributed by atoms with Crippen molar-refractivity contribution in [2.24, 2.45) is 0 Å². The molecule has 0 aromatic heterocycles. The zero-order valence-electron chi connectivity index (χ0n) is 11.9. The van der Waals surface area contributed by atoms with Gasteiger partial charge in [0.1, 0.15) is 11.6 Å². The fourth-order valence-corrected chi connectivity index (χ4v) is 2.68. The maximum Gasteiger partial charge on any atom is 0.275 e. The monoisotopic (exact) mass is 298 g/mol. The number of benzene rings is 1. The van der Waals surface area contributed by atoms with Crippen LogP contribution in [0.3, 0.4) is 0 Å². The molecule has 1 saturated heterocycles. The molecule has 114 valence electrons. The van der Waals surface area contributed by atoms with Crippen LogP contribution in [0.25, 0.3) is 0 Å². The quantitative estimate of drug-likeness (QED) is 0.636. The van der Waals surface area contributed by atoms with E-state index in [1.54, 1.807) is 4.90 Å². The van der Waals surface area contributed by atoms with E-state index in [-0.39, 0.29) is 5.91 Å². The average Bonchev–Trinajstić information content (AvgIpc) is 2.90. The molecule has 0 atom stereocenters. The van der Waals surface area contributed by atoms with Gasteiger partial charge < -0.3 is 4.90 Å². The highest BCUT2D eigenvalue weighted by atomic mass is 19.1. The van der Waals surface area contributed by atoms with Crippen molar-refractivity contribution in [3.63, 3.8) is 0 Å². The molecule has 1 fully saturated rings. The summed E-state index contributed by atoms with van der Waals surface area (Å²) >= 11 is 0. The number of nitro benzene ring substituents is 1. The van der Waals surface area contributed by atoms with Gasteiger partial charge in [0.2, 0.25) is 5.91 Å². The normalized spacial score (nSPS) is 15.3. The zero-order valence-corrected chi connectivity index (χ0v) is 11.9. The average molecular weight is 298 g/mol. The molecule has 1 heterocycles. The van der Waals surface area contributed by atoms with Gasteiger partial charge in [-0.1, -0.05) is 0 Å². The molecule has 1 amide bonds. The van der Waals surface area contributed by atoms with Gasteiger partial charge in [-0.25, -0.2) is 8.78 Å². The van der Waals surface area contributed by atoms with Crippen LogP contribution in [0, 0.1) is 21.7 Å². The first-order valence-electron chi connectivity index (χ1n) is 6.68. The minimum Gasteiger partial charge on any atom is -0.342 e. The van der Waals surface area contributed by atoms with E-state index in [2.05, 4.69) is 0 Å². The predicted octanol–water partition coefficient (Wildman–Crippen LogP) is 2.77. The smallest absolute Gasteiger partial charge is 0.275 e. The fourth-order valence-electron chi connectivity index (χ4n) is 2.68. The van der Waals surface area contributed by atoms with Crippen molar-refractivity contribution in [3.05, 3.63) is 39.4 Å². The minimum atomic E-state index is -1.41. The topological polar surface area (TPSA) is 63.5 Å². The van der Waals surface area contributed by atoms with Crippen LogP contribution in [-0.4, -0.2) is 28.8 Å². The molecular weight excluding hydrogens is 282 g/mol. The van der Waals surface area contributed by atoms with Crippen molar-refractivity contribution >= 4 is 11.6 Å². The second kappa shape index (κ2) is 5.38. The molecule has 1 aliphatic rings. The Morgan fingerprint density at radius 3 is 2.14 bits per heavy atom. The predicted molar refractivity (Wildman–Crippen MR) is 71.9 cm³/mol. The molecule has 1 aromatic carbocycles. The van der Waals surface area contributed by atoms with Crippen molar-refractivity contribution in [1.82, 2.24) is 4.90 Å². The van der Waals surface area contributed by atoms with Gasteiger partial charge in [0.05, 0.1) is 22.5 Å². The third kappa shape index (κ3) is 2.72. The molecule has 0 saturated carbocycles. The summed E-state index contributed by atoms with van der Waals surface area (Å²) in [5.41, 5.74) is -2.50. The van der Waals surface area contributed by atoms with Crippen LogP contribution in [-0.2, 0) is 10.2 Å². The summed E-state index contributed by atoms with van der Waals surface area (Å²) in [6.45, 7) is 4.00. The van der Waals surface area contributed by atoms with Crippen LogP contribution in [0.4, 0.5) is 14.5 Å². The lowest BCUT2D eigenvalue weighted by Crippen LogP contribution is -2.43. The summed E-state index contributed by atoms with van der Waals surface area (Å²) in [4.78, 5) is 23.8. The van der Waals surface area contributed by atoms with Crippen LogP contribution < -0.4 is 0 Å². The second-order valence-corrected chi connectivity index (χ2v) is 5.67. The lowest BCUT2D eigenvalue weighted by molar-refractivity contribution is -0.385. The number of amides is 1. The third-order valence-electron chi connectivity index (χ3n) is 3.79. The highest BCUT2D eigenvalue weighted by Gasteiger charge is 2.39. The zero-order chi connectivity index (χ0) is 15.8. The van der Waals surface area contributed by atoms with E-state index in [0.29, 0.717) is 25.2 Å². The van der Waals surface area contributed by atoms with E-state index >= 15 is 0 Å². The summed E-state index contributed by atoms with van der Waals surface area (Å²) in [6, 6.07) is 1.30. The van der Waals surface area contributed by atoms with Gasteiger partial charge >= 0.3 is 0 Å². The fraction of sp³-hybridized carbons (Fsp3) is 0.500. The minimum absolute atomic E-state index is 0.369. The Hall–Kier alpha value is -2.05. The highest BCUT2D eigenvalue weighted by molar-refractivity contribution is 5.87. The van der Waals surface area contributed by atoms with E-state index in [1.165, 1.54) is 13.8 Å². The number of likely N-dealkylation sites (tertiary alicyclic amines) is 1. The first kappa shape index (κ1) is 15.3. The van der Waals surface area contributed by atoms with Gasteiger partial charge in [-0.3, -0.25) is 14.9 Å². The summed E-state index contributed by atoms with van der Waals surface area (Å²) in [7, 11) is 0. The number of hydrogen-bond acceptors (Lipinski definition) is 3. The summed E-state index contributed by atoms with van der Waals surface area (Å²) < 4.78 is 28.2. The molecule has 0 aliphatic carbocycles. The Labute approximate surface area is 120 Å². The Morgan fingerprint density at radius 1 is 1.24 bits per heavy atom. The van der Waals surface area contributed by atoms with Crippen LogP contribution in [0.1, 0.15) is 32.3 Å². The number of rotatable bonds is 3.